The van der Waals surface area contributed by atoms with Gasteiger partial charge in [0.05, 0.1) is 19.8 Å². The largest absolute Gasteiger partial charge is 0.490 e. The normalized spacial score (nSPS) is 21.7. The van der Waals surface area contributed by atoms with Gasteiger partial charge < -0.3 is 19.5 Å². The van der Waals surface area contributed by atoms with Crippen LogP contribution in [0.15, 0.2) is 42.7 Å². The van der Waals surface area contributed by atoms with Crippen LogP contribution in [0.25, 0.3) is 0 Å². The smallest absolute Gasteiger partial charge is 0.225 e. The maximum Gasteiger partial charge on any atom is 0.225 e. The second kappa shape index (κ2) is 6.89. The van der Waals surface area contributed by atoms with Crippen LogP contribution in [-0.4, -0.2) is 53.6 Å². The van der Waals surface area contributed by atoms with Gasteiger partial charge in [-0.2, -0.15) is 0 Å². The van der Waals surface area contributed by atoms with Crippen LogP contribution in [0.3, 0.4) is 0 Å². The van der Waals surface area contributed by atoms with Gasteiger partial charge in [-0.05, 0) is 30.3 Å². The maximum absolute atomic E-state index is 12.9. The number of ether oxygens (including phenoxy) is 2. The van der Waals surface area contributed by atoms with Gasteiger partial charge in [0.25, 0.3) is 0 Å². The van der Waals surface area contributed by atoms with E-state index in [1.54, 1.807) is 18.5 Å². The van der Waals surface area contributed by atoms with E-state index in [4.69, 9.17) is 9.47 Å². The van der Waals surface area contributed by atoms with Crippen LogP contribution in [0.4, 0.5) is 10.3 Å². The van der Waals surface area contributed by atoms with Gasteiger partial charge in [0.2, 0.25) is 5.95 Å². The molecule has 1 N–H and O–H groups in total. The van der Waals surface area contributed by atoms with E-state index in [0.717, 1.165) is 0 Å². The van der Waals surface area contributed by atoms with E-state index in [1.807, 2.05) is 4.90 Å². The van der Waals surface area contributed by atoms with Gasteiger partial charge in [0, 0.05) is 18.9 Å². The van der Waals surface area contributed by atoms with Crippen LogP contribution < -0.4 is 9.64 Å². The minimum atomic E-state index is -1.20. The highest BCUT2D eigenvalue weighted by Crippen LogP contribution is 2.19. The van der Waals surface area contributed by atoms with Crippen LogP contribution in [0.5, 0.6) is 5.75 Å². The first-order valence-corrected chi connectivity index (χ1v) is 7.35. The molecule has 0 bridgehead atoms. The number of halogens is 1. The van der Waals surface area contributed by atoms with Crippen molar-refractivity contribution in [3.05, 3.63) is 48.5 Å². The van der Waals surface area contributed by atoms with Crippen molar-refractivity contribution in [3.63, 3.8) is 0 Å². The number of nitrogens with zero attached hydrogens (tertiary/aromatic N) is 3. The fraction of sp³-hybridized carbons (Fsp3) is 0.375. The Bertz CT molecular complexity index is 626. The van der Waals surface area contributed by atoms with Crippen molar-refractivity contribution in [2.75, 3.05) is 37.8 Å². The second-order valence-electron chi connectivity index (χ2n) is 5.49. The lowest BCUT2D eigenvalue weighted by Crippen LogP contribution is -2.49. The van der Waals surface area contributed by atoms with Crippen molar-refractivity contribution in [1.29, 1.82) is 0 Å². The number of benzene rings is 1. The standard InChI is InChI=1S/C16H18FN3O3/c17-13-2-4-14(5-3-13)23-12-16(21)10-20(8-9-22-11-16)15-18-6-1-7-19-15/h1-7,21H,8-12H2/t16-/m1/s1. The van der Waals surface area contributed by atoms with Crippen LogP contribution >= 0.6 is 0 Å². The molecular formula is C16H18FN3O3. The molecule has 0 saturated carbocycles. The fourth-order valence-corrected chi connectivity index (χ4v) is 2.38. The topological polar surface area (TPSA) is 67.7 Å². The SMILES string of the molecule is O[C@@]1(COc2ccc(F)cc2)COCCN(c2ncccn2)C1. The molecule has 0 unspecified atom stereocenters. The lowest BCUT2D eigenvalue weighted by Gasteiger charge is -2.30. The molecule has 122 valence electrons. The third-order valence-corrected chi connectivity index (χ3v) is 3.52. The molecular weight excluding hydrogens is 301 g/mol. The van der Waals surface area contributed by atoms with Crippen molar-refractivity contribution < 1.29 is 19.0 Å². The van der Waals surface area contributed by atoms with Gasteiger partial charge in [-0.15, -0.1) is 0 Å². The first-order valence-electron chi connectivity index (χ1n) is 7.35. The number of rotatable bonds is 4. The first-order chi connectivity index (χ1) is 11.1. The summed E-state index contributed by atoms with van der Waals surface area (Å²) in [7, 11) is 0. The van der Waals surface area contributed by atoms with Gasteiger partial charge in [0.1, 0.15) is 23.8 Å². The van der Waals surface area contributed by atoms with E-state index in [2.05, 4.69) is 9.97 Å². The number of hydrogen-bond donors (Lipinski definition) is 1. The van der Waals surface area contributed by atoms with E-state index in [0.29, 0.717) is 24.8 Å². The number of hydrogen-bond acceptors (Lipinski definition) is 6. The highest BCUT2D eigenvalue weighted by Gasteiger charge is 2.34. The van der Waals surface area contributed by atoms with E-state index in [9.17, 15) is 9.50 Å². The van der Waals surface area contributed by atoms with Crippen LogP contribution in [-0.2, 0) is 4.74 Å². The first kappa shape index (κ1) is 15.6. The minimum absolute atomic E-state index is 0.0297. The summed E-state index contributed by atoms with van der Waals surface area (Å²) < 4.78 is 24.0. The molecule has 6 nitrogen and oxygen atoms in total. The Labute approximate surface area is 133 Å². The zero-order chi connectivity index (χ0) is 16.1. The highest BCUT2D eigenvalue weighted by atomic mass is 19.1. The molecule has 1 aromatic carbocycles. The van der Waals surface area contributed by atoms with Gasteiger partial charge in [-0.1, -0.05) is 0 Å². The van der Waals surface area contributed by atoms with Gasteiger partial charge in [0.15, 0.2) is 0 Å². The Morgan fingerprint density at radius 3 is 2.74 bits per heavy atom. The number of anilines is 1. The molecule has 7 heteroatoms. The zero-order valence-electron chi connectivity index (χ0n) is 12.6. The Kier molecular flexibility index (Phi) is 4.68. The number of β-amino-alcohol motifs (C(OH)–C–C–N with tert-alkyl or cyclic N) is 1. The van der Waals surface area contributed by atoms with E-state index >= 15 is 0 Å². The molecule has 3 rings (SSSR count). The molecule has 1 aliphatic heterocycles. The summed E-state index contributed by atoms with van der Waals surface area (Å²) in [4.78, 5) is 10.3. The Balaban J connectivity index is 1.67. The van der Waals surface area contributed by atoms with E-state index in [-0.39, 0.29) is 25.6 Å². The maximum atomic E-state index is 12.9. The summed E-state index contributed by atoms with van der Waals surface area (Å²) in [5.41, 5.74) is -1.20. The molecule has 0 amide bonds. The molecule has 1 aromatic heterocycles. The number of aliphatic hydroxyl groups is 1. The van der Waals surface area contributed by atoms with E-state index in [1.165, 1.54) is 24.3 Å². The van der Waals surface area contributed by atoms with Crippen molar-refractivity contribution >= 4 is 5.95 Å². The Morgan fingerprint density at radius 2 is 2.00 bits per heavy atom. The molecule has 0 spiro atoms. The van der Waals surface area contributed by atoms with Crippen LogP contribution in [0, 0.1) is 5.82 Å². The lowest BCUT2D eigenvalue weighted by molar-refractivity contribution is -0.0537. The Hall–Kier alpha value is -2.25. The Morgan fingerprint density at radius 1 is 1.26 bits per heavy atom. The van der Waals surface area contributed by atoms with Crippen molar-refractivity contribution in [2.24, 2.45) is 0 Å². The summed E-state index contributed by atoms with van der Waals surface area (Å²) >= 11 is 0. The fourth-order valence-electron chi connectivity index (χ4n) is 2.38. The molecule has 0 radical (unpaired) electrons. The quantitative estimate of drug-likeness (QED) is 0.915. The monoisotopic (exact) mass is 319 g/mol. The molecule has 0 aliphatic carbocycles. The molecule has 1 aliphatic rings. The van der Waals surface area contributed by atoms with Crippen molar-refractivity contribution in [3.8, 4) is 5.75 Å². The molecule has 1 saturated heterocycles. The highest BCUT2D eigenvalue weighted by molar-refractivity contribution is 5.30. The van der Waals surface area contributed by atoms with Crippen LogP contribution in [0.2, 0.25) is 0 Å². The molecule has 2 aromatic rings. The third kappa shape index (κ3) is 4.14. The molecule has 23 heavy (non-hydrogen) atoms. The average molecular weight is 319 g/mol. The van der Waals surface area contributed by atoms with Crippen molar-refractivity contribution in [1.82, 2.24) is 9.97 Å². The number of aromatic nitrogens is 2. The molecule has 1 fully saturated rings. The van der Waals surface area contributed by atoms with Gasteiger partial charge in [-0.25, -0.2) is 14.4 Å². The summed E-state index contributed by atoms with van der Waals surface area (Å²) in [5.74, 6) is 0.700. The summed E-state index contributed by atoms with van der Waals surface area (Å²) in [6, 6.07) is 7.41. The van der Waals surface area contributed by atoms with Gasteiger partial charge in [-0.3, -0.25) is 0 Å². The summed E-state index contributed by atoms with van der Waals surface area (Å²) in [6.45, 7) is 1.53. The zero-order valence-corrected chi connectivity index (χ0v) is 12.6. The van der Waals surface area contributed by atoms with Gasteiger partial charge >= 0.3 is 0 Å². The average Bonchev–Trinajstić information content (AvgIpc) is 2.78. The van der Waals surface area contributed by atoms with Crippen LogP contribution in [0.1, 0.15) is 0 Å². The molecule has 2 heterocycles. The third-order valence-electron chi connectivity index (χ3n) is 3.52. The predicted molar refractivity (Wildman–Crippen MR) is 81.9 cm³/mol. The molecule has 1 atom stereocenters. The van der Waals surface area contributed by atoms with Crippen molar-refractivity contribution in [2.45, 2.75) is 5.60 Å². The summed E-state index contributed by atoms with van der Waals surface area (Å²) in [5, 5.41) is 10.8. The second-order valence-corrected chi connectivity index (χ2v) is 5.49. The minimum Gasteiger partial charge on any atom is -0.490 e. The summed E-state index contributed by atoms with van der Waals surface area (Å²) in [6.07, 6.45) is 3.31. The van der Waals surface area contributed by atoms with E-state index < -0.39 is 5.60 Å². The predicted octanol–water partition coefficient (Wildman–Crippen LogP) is 1.26. The lowest BCUT2D eigenvalue weighted by atomic mass is 10.1.